The zero-order chi connectivity index (χ0) is 8.48. The summed E-state index contributed by atoms with van der Waals surface area (Å²) >= 11 is 0. The largest absolute Gasteiger partial charge is 0.480 e. The van der Waals surface area contributed by atoms with E-state index in [4.69, 9.17) is 10.8 Å². The number of rotatable bonds is 2. The van der Waals surface area contributed by atoms with E-state index in [1.54, 1.807) is 0 Å². The van der Waals surface area contributed by atoms with Gasteiger partial charge in [0.2, 0.25) is 0 Å². The van der Waals surface area contributed by atoms with Crippen LogP contribution in [0.2, 0.25) is 0 Å². The van der Waals surface area contributed by atoms with E-state index >= 15 is 0 Å². The molecule has 0 aliphatic carbocycles. The molecule has 11 heavy (non-hydrogen) atoms. The van der Waals surface area contributed by atoms with Crippen molar-refractivity contribution >= 4 is 5.97 Å². The van der Waals surface area contributed by atoms with E-state index in [0.717, 1.165) is 0 Å². The maximum Gasteiger partial charge on any atom is 0.331 e. The van der Waals surface area contributed by atoms with Gasteiger partial charge in [-0.2, -0.15) is 0 Å². The van der Waals surface area contributed by atoms with Crippen molar-refractivity contribution in [2.45, 2.75) is 12.5 Å². The Bertz CT molecular complexity index is 253. The van der Waals surface area contributed by atoms with Gasteiger partial charge in [0.25, 0.3) is 0 Å². The highest BCUT2D eigenvalue weighted by Crippen LogP contribution is 2.10. The van der Waals surface area contributed by atoms with Gasteiger partial charge in [0, 0.05) is 0 Å². The zero-order valence-corrected chi connectivity index (χ0v) is 5.77. The van der Waals surface area contributed by atoms with Crippen molar-refractivity contribution in [1.29, 1.82) is 0 Å². The van der Waals surface area contributed by atoms with Crippen LogP contribution in [0, 0.1) is 0 Å². The molecule has 0 aromatic carbocycles. The molecule has 7 heteroatoms. The normalized spacial score (nSPS) is 15.8. The van der Waals surface area contributed by atoms with Crippen molar-refractivity contribution in [3.8, 4) is 0 Å². The number of carbonyl (C=O) groups is 1. The molecule has 1 rings (SSSR count). The molecule has 0 amide bonds. The van der Waals surface area contributed by atoms with Crippen LogP contribution >= 0.6 is 0 Å². The Hall–Kier alpha value is -1.50. The summed E-state index contributed by atoms with van der Waals surface area (Å²) in [6.07, 6.45) is 0. The average molecular weight is 157 g/mol. The summed E-state index contributed by atoms with van der Waals surface area (Å²) in [7, 11) is 0. The summed E-state index contributed by atoms with van der Waals surface area (Å²) in [5.41, 5.74) is 3.80. The molecule has 0 spiro atoms. The number of H-pyrrole nitrogens is 1. The predicted molar refractivity (Wildman–Crippen MR) is 33.4 cm³/mol. The molecular formula is C4H7N5O2. The maximum atomic E-state index is 10.5. The van der Waals surface area contributed by atoms with Gasteiger partial charge in [-0.25, -0.2) is 9.89 Å². The lowest BCUT2D eigenvalue weighted by Crippen LogP contribution is -2.42. The highest BCUT2D eigenvalue weighted by Gasteiger charge is 2.33. The lowest BCUT2D eigenvalue weighted by Gasteiger charge is -2.13. The van der Waals surface area contributed by atoms with Crippen LogP contribution in [-0.4, -0.2) is 31.7 Å². The van der Waals surface area contributed by atoms with E-state index in [1.807, 2.05) is 0 Å². The monoisotopic (exact) mass is 157 g/mol. The van der Waals surface area contributed by atoms with E-state index in [-0.39, 0.29) is 5.82 Å². The van der Waals surface area contributed by atoms with Crippen LogP contribution in [0.3, 0.4) is 0 Å². The number of hydrogen-bond donors (Lipinski definition) is 3. The summed E-state index contributed by atoms with van der Waals surface area (Å²) in [6, 6.07) is 0. The molecule has 0 aliphatic rings. The fourth-order valence-electron chi connectivity index (χ4n) is 0.480. The number of aliphatic carboxylic acids is 1. The van der Waals surface area contributed by atoms with Crippen molar-refractivity contribution < 1.29 is 9.90 Å². The molecule has 1 heterocycles. The third kappa shape index (κ3) is 1.17. The molecule has 1 aromatic heterocycles. The first-order valence-electron chi connectivity index (χ1n) is 2.81. The molecule has 0 radical (unpaired) electrons. The Balaban J connectivity index is 3.00. The van der Waals surface area contributed by atoms with Crippen LogP contribution in [0.5, 0.6) is 0 Å². The van der Waals surface area contributed by atoms with Crippen LogP contribution in [-0.2, 0) is 10.3 Å². The van der Waals surface area contributed by atoms with Crippen molar-refractivity contribution in [3.05, 3.63) is 5.82 Å². The third-order valence-electron chi connectivity index (χ3n) is 1.28. The Morgan fingerprint density at radius 3 is 2.82 bits per heavy atom. The van der Waals surface area contributed by atoms with E-state index in [9.17, 15) is 4.79 Å². The highest BCUT2D eigenvalue weighted by molar-refractivity contribution is 5.78. The second kappa shape index (κ2) is 2.27. The summed E-state index contributed by atoms with van der Waals surface area (Å²) in [4.78, 5) is 10.5. The molecule has 7 nitrogen and oxygen atoms in total. The van der Waals surface area contributed by atoms with Gasteiger partial charge in [-0.1, -0.05) is 0 Å². The van der Waals surface area contributed by atoms with Gasteiger partial charge < -0.3 is 10.8 Å². The number of nitrogens with two attached hydrogens (primary N) is 1. The number of carboxylic acid groups (broad SMARTS) is 1. The molecular weight excluding hydrogens is 150 g/mol. The van der Waals surface area contributed by atoms with Crippen LogP contribution in [0.4, 0.5) is 0 Å². The molecule has 1 aromatic rings. The van der Waals surface area contributed by atoms with Crippen molar-refractivity contribution in [1.82, 2.24) is 20.6 Å². The van der Waals surface area contributed by atoms with E-state index in [2.05, 4.69) is 20.6 Å². The fraction of sp³-hybridized carbons (Fsp3) is 0.500. The smallest absolute Gasteiger partial charge is 0.331 e. The van der Waals surface area contributed by atoms with Crippen LogP contribution in [0.1, 0.15) is 12.7 Å². The molecule has 0 bridgehead atoms. The standard InChI is InChI=1S/C4H7N5O2/c1-4(5,3(10)11)2-6-8-9-7-2/h5H2,1H3,(H,10,11)(H,6,7,8,9)/t4-/m0/s1. The zero-order valence-electron chi connectivity index (χ0n) is 5.77. The van der Waals surface area contributed by atoms with E-state index in [1.165, 1.54) is 6.92 Å². The minimum atomic E-state index is -1.55. The molecule has 0 fully saturated rings. The first kappa shape index (κ1) is 7.61. The molecule has 0 unspecified atom stereocenters. The van der Waals surface area contributed by atoms with Gasteiger partial charge in [-0.15, -0.1) is 5.10 Å². The van der Waals surface area contributed by atoms with Gasteiger partial charge in [0.1, 0.15) is 0 Å². The molecule has 0 aliphatic heterocycles. The summed E-state index contributed by atoms with van der Waals surface area (Å²) in [5, 5.41) is 20.7. The number of hydrogen-bond acceptors (Lipinski definition) is 5. The van der Waals surface area contributed by atoms with E-state index in [0.29, 0.717) is 0 Å². The Labute approximate surface area is 61.6 Å². The highest BCUT2D eigenvalue weighted by atomic mass is 16.4. The molecule has 4 N–H and O–H groups in total. The van der Waals surface area contributed by atoms with Gasteiger partial charge in [-0.05, 0) is 17.4 Å². The maximum absolute atomic E-state index is 10.5. The SMILES string of the molecule is C[C@@](N)(C(=O)O)c1nnn[nH]1. The lowest BCUT2D eigenvalue weighted by molar-refractivity contribution is -0.143. The molecule has 1 atom stereocenters. The van der Waals surface area contributed by atoms with Crippen molar-refractivity contribution in [3.63, 3.8) is 0 Å². The Morgan fingerprint density at radius 1 is 1.82 bits per heavy atom. The quantitative estimate of drug-likeness (QED) is 0.478. The number of nitrogens with one attached hydrogen (secondary N) is 1. The predicted octanol–water partition coefficient (Wildman–Crippen LogP) is -1.54. The van der Waals surface area contributed by atoms with Crippen molar-refractivity contribution in [2.24, 2.45) is 5.73 Å². The Kier molecular flexibility index (Phi) is 1.57. The van der Waals surface area contributed by atoms with Gasteiger partial charge in [0.05, 0.1) is 0 Å². The summed E-state index contributed by atoms with van der Waals surface area (Å²) < 4.78 is 0. The van der Waals surface area contributed by atoms with Crippen LogP contribution in [0.15, 0.2) is 0 Å². The van der Waals surface area contributed by atoms with Crippen molar-refractivity contribution in [2.75, 3.05) is 0 Å². The topological polar surface area (TPSA) is 118 Å². The van der Waals surface area contributed by atoms with E-state index < -0.39 is 11.5 Å². The van der Waals surface area contributed by atoms with Gasteiger partial charge >= 0.3 is 5.97 Å². The third-order valence-corrected chi connectivity index (χ3v) is 1.28. The minimum Gasteiger partial charge on any atom is -0.480 e. The minimum absolute atomic E-state index is 0.0324. The Morgan fingerprint density at radius 2 is 2.45 bits per heavy atom. The van der Waals surface area contributed by atoms with Crippen LogP contribution < -0.4 is 5.73 Å². The number of tetrazole rings is 1. The molecule has 0 saturated carbocycles. The summed E-state index contributed by atoms with van der Waals surface area (Å²) in [6.45, 7) is 1.30. The van der Waals surface area contributed by atoms with Gasteiger partial charge in [0.15, 0.2) is 11.4 Å². The number of aromatic nitrogens is 4. The second-order valence-corrected chi connectivity index (χ2v) is 2.26. The van der Waals surface area contributed by atoms with Gasteiger partial charge in [-0.3, -0.25) is 0 Å². The lowest BCUT2D eigenvalue weighted by atomic mass is 10.0. The average Bonchev–Trinajstić information content (AvgIpc) is 2.37. The second-order valence-electron chi connectivity index (χ2n) is 2.26. The molecule has 0 saturated heterocycles. The number of aromatic amines is 1. The first-order chi connectivity index (χ1) is 5.05. The number of carboxylic acids is 1. The summed E-state index contributed by atoms with van der Waals surface area (Å²) in [5.74, 6) is -1.15. The molecule has 60 valence electrons. The van der Waals surface area contributed by atoms with Crippen LogP contribution in [0.25, 0.3) is 0 Å². The fourth-order valence-corrected chi connectivity index (χ4v) is 0.480. The number of nitrogens with zero attached hydrogens (tertiary/aromatic N) is 3. The first-order valence-corrected chi connectivity index (χ1v) is 2.81.